The van der Waals surface area contributed by atoms with E-state index >= 15 is 0 Å². The van der Waals surface area contributed by atoms with Crippen molar-refractivity contribution in [3.05, 3.63) is 0 Å². The van der Waals surface area contributed by atoms with E-state index in [1.165, 1.54) is 0 Å². The molecule has 0 aromatic carbocycles. The van der Waals surface area contributed by atoms with E-state index < -0.39 is 0 Å². The van der Waals surface area contributed by atoms with E-state index in [1.54, 1.807) is 0 Å². The number of hydrogen-bond acceptors (Lipinski definition) is 3. The van der Waals surface area contributed by atoms with E-state index in [1.807, 2.05) is 0 Å². The van der Waals surface area contributed by atoms with E-state index in [0.29, 0.717) is 25.2 Å². The first-order valence-electron chi connectivity index (χ1n) is 6.09. The van der Waals surface area contributed by atoms with Gasteiger partial charge in [-0.3, -0.25) is 0 Å². The predicted molar refractivity (Wildman–Crippen MR) is 64.2 cm³/mol. The van der Waals surface area contributed by atoms with Gasteiger partial charge < -0.3 is 14.8 Å². The molecule has 0 aliphatic carbocycles. The van der Waals surface area contributed by atoms with Gasteiger partial charge in [-0.15, -0.1) is 0 Å². The summed E-state index contributed by atoms with van der Waals surface area (Å²) in [5.74, 6) is 0.607. The Morgan fingerprint density at radius 2 is 1.60 bits per heavy atom. The Labute approximate surface area is 94.5 Å². The minimum Gasteiger partial charge on any atom is -0.379 e. The van der Waals surface area contributed by atoms with Crippen LogP contribution in [0, 0.1) is 5.92 Å². The van der Waals surface area contributed by atoms with Gasteiger partial charge in [-0.05, 0) is 18.9 Å². The molecule has 0 spiro atoms. The summed E-state index contributed by atoms with van der Waals surface area (Å²) in [5.41, 5.74) is 0. The quantitative estimate of drug-likeness (QED) is 0.568. The van der Waals surface area contributed by atoms with Gasteiger partial charge in [0.05, 0.1) is 19.8 Å². The van der Waals surface area contributed by atoms with Crippen molar-refractivity contribution in [2.45, 2.75) is 40.2 Å². The van der Waals surface area contributed by atoms with E-state index in [-0.39, 0.29) is 0 Å². The first-order chi connectivity index (χ1) is 7.20. The number of rotatable bonds is 10. The standard InChI is InChI=1S/C12H27NO2/c1-5-12(13-6-2)10-15-8-7-14-9-11(3)4/h11-13H,5-10H2,1-4H3. The van der Waals surface area contributed by atoms with Gasteiger partial charge in [-0.2, -0.15) is 0 Å². The van der Waals surface area contributed by atoms with Gasteiger partial charge in [0.2, 0.25) is 0 Å². The highest BCUT2D eigenvalue weighted by Gasteiger charge is 2.03. The van der Waals surface area contributed by atoms with Crippen molar-refractivity contribution >= 4 is 0 Å². The lowest BCUT2D eigenvalue weighted by Crippen LogP contribution is -2.33. The molecule has 0 aliphatic rings. The minimum atomic E-state index is 0.486. The predicted octanol–water partition coefficient (Wildman–Crippen LogP) is 2.06. The van der Waals surface area contributed by atoms with Gasteiger partial charge in [-0.1, -0.05) is 27.7 Å². The third kappa shape index (κ3) is 10.2. The second-order valence-corrected chi connectivity index (χ2v) is 4.21. The van der Waals surface area contributed by atoms with Gasteiger partial charge in [0.1, 0.15) is 0 Å². The van der Waals surface area contributed by atoms with Crippen LogP contribution in [0.5, 0.6) is 0 Å². The average Bonchev–Trinajstić information content (AvgIpc) is 2.21. The number of ether oxygens (including phenoxy) is 2. The maximum Gasteiger partial charge on any atom is 0.0701 e. The van der Waals surface area contributed by atoms with Crippen LogP contribution in [0.25, 0.3) is 0 Å². The molecule has 1 N–H and O–H groups in total. The van der Waals surface area contributed by atoms with Crippen molar-refractivity contribution in [2.24, 2.45) is 5.92 Å². The van der Waals surface area contributed by atoms with Crippen LogP contribution in [0.15, 0.2) is 0 Å². The average molecular weight is 217 g/mol. The van der Waals surface area contributed by atoms with Crippen molar-refractivity contribution in [1.29, 1.82) is 0 Å². The molecule has 0 aromatic rings. The van der Waals surface area contributed by atoms with Crippen LogP contribution in [0.3, 0.4) is 0 Å². The molecule has 0 heterocycles. The molecule has 0 aliphatic heterocycles. The highest BCUT2D eigenvalue weighted by molar-refractivity contribution is 4.61. The zero-order valence-corrected chi connectivity index (χ0v) is 10.7. The molecule has 3 heteroatoms. The summed E-state index contributed by atoms with van der Waals surface area (Å²) in [6.45, 7) is 12.6. The van der Waals surface area contributed by atoms with Crippen molar-refractivity contribution < 1.29 is 9.47 Å². The first kappa shape index (κ1) is 14.9. The molecule has 1 unspecified atom stereocenters. The molecular formula is C12H27NO2. The zero-order chi connectivity index (χ0) is 11.5. The van der Waals surface area contributed by atoms with Crippen LogP contribution in [0.2, 0.25) is 0 Å². The second-order valence-electron chi connectivity index (χ2n) is 4.21. The van der Waals surface area contributed by atoms with Crippen molar-refractivity contribution in [3.63, 3.8) is 0 Å². The van der Waals surface area contributed by atoms with Gasteiger partial charge in [0.15, 0.2) is 0 Å². The zero-order valence-electron chi connectivity index (χ0n) is 10.7. The normalized spacial score (nSPS) is 13.4. The van der Waals surface area contributed by atoms with Crippen LogP contribution < -0.4 is 5.32 Å². The van der Waals surface area contributed by atoms with Crippen molar-refractivity contribution in [3.8, 4) is 0 Å². The van der Waals surface area contributed by atoms with Crippen molar-refractivity contribution in [1.82, 2.24) is 5.32 Å². The van der Waals surface area contributed by atoms with Crippen molar-refractivity contribution in [2.75, 3.05) is 33.0 Å². The lowest BCUT2D eigenvalue weighted by molar-refractivity contribution is 0.0302. The fourth-order valence-corrected chi connectivity index (χ4v) is 1.27. The van der Waals surface area contributed by atoms with E-state index in [4.69, 9.17) is 9.47 Å². The molecule has 0 amide bonds. The minimum absolute atomic E-state index is 0.486. The number of nitrogens with one attached hydrogen (secondary N) is 1. The lowest BCUT2D eigenvalue weighted by atomic mass is 10.2. The summed E-state index contributed by atoms with van der Waals surface area (Å²) in [6.07, 6.45) is 1.11. The molecule has 0 fully saturated rings. The fourth-order valence-electron chi connectivity index (χ4n) is 1.27. The smallest absolute Gasteiger partial charge is 0.0701 e. The Hall–Kier alpha value is -0.120. The Morgan fingerprint density at radius 1 is 1.00 bits per heavy atom. The van der Waals surface area contributed by atoms with E-state index in [9.17, 15) is 0 Å². The van der Waals surface area contributed by atoms with Crippen LogP contribution in [-0.4, -0.2) is 39.0 Å². The summed E-state index contributed by atoms with van der Waals surface area (Å²) in [5, 5.41) is 3.38. The maximum atomic E-state index is 5.53. The summed E-state index contributed by atoms with van der Waals surface area (Å²) < 4.78 is 11.0. The van der Waals surface area contributed by atoms with Gasteiger partial charge >= 0.3 is 0 Å². The summed E-state index contributed by atoms with van der Waals surface area (Å²) in [4.78, 5) is 0. The molecule has 0 saturated heterocycles. The summed E-state index contributed by atoms with van der Waals surface area (Å²) >= 11 is 0. The summed E-state index contributed by atoms with van der Waals surface area (Å²) in [7, 11) is 0. The Morgan fingerprint density at radius 3 is 2.07 bits per heavy atom. The fraction of sp³-hybridized carbons (Fsp3) is 1.00. The molecule has 0 aromatic heterocycles. The SMILES string of the molecule is CCNC(CC)COCCOCC(C)C. The van der Waals surface area contributed by atoms with Crippen LogP contribution in [0.4, 0.5) is 0 Å². The Kier molecular flexibility index (Phi) is 10.3. The van der Waals surface area contributed by atoms with Crippen LogP contribution in [-0.2, 0) is 9.47 Å². The molecule has 0 bridgehead atoms. The molecule has 15 heavy (non-hydrogen) atoms. The van der Waals surface area contributed by atoms with Gasteiger partial charge in [0.25, 0.3) is 0 Å². The lowest BCUT2D eigenvalue weighted by Gasteiger charge is -2.15. The second kappa shape index (κ2) is 10.4. The molecule has 92 valence electrons. The third-order valence-electron chi connectivity index (χ3n) is 2.13. The summed E-state index contributed by atoms with van der Waals surface area (Å²) in [6, 6.07) is 0.486. The molecule has 0 radical (unpaired) electrons. The first-order valence-corrected chi connectivity index (χ1v) is 6.09. The molecular weight excluding hydrogens is 190 g/mol. The van der Waals surface area contributed by atoms with Crippen LogP contribution in [0.1, 0.15) is 34.1 Å². The molecule has 0 saturated carbocycles. The van der Waals surface area contributed by atoms with Gasteiger partial charge in [0, 0.05) is 12.6 Å². The third-order valence-corrected chi connectivity index (χ3v) is 2.13. The number of likely N-dealkylation sites (N-methyl/N-ethyl adjacent to an activating group) is 1. The van der Waals surface area contributed by atoms with Crippen LogP contribution >= 0.6 is 0 Å². The largest absolute Gasteiger partial charge is 0.379 e. The highest BCUT2D eigenvalue weighted by Crippen LogP contribution is 1.94. The maximum absolute atomic E-state index is 5.53. The van der Waals surface area contributed by atoms with Gasteiger partial charge in [-0.25, -0.2) is 0 Å². The van der Waals surface area contributed by atoms with E-state index in [2.05, 4.69) is 33.0 Å². The molecule has 0 rings (SSSR count). The molecule has 3 nitrogen and oxygen atoms in total. The monoisotopic (exact) mass is 217 g/mol. The van der Waals surface area contributed by atoms with E-state index in [0.717, 1.165) is 26.2 Å². The molecule has 1 atom stereocenters. The number of hydrogen-bond donors (Lipinski definition) is 1. The highest BCUT2D eigenvalue weighted by atomic mass is 16.5. The topological polar surface area (TPSA) is 30.5 Å². The Balaban J connectivity index is 3.21. The Bertz CT molecular complexity index is 129.